The molecule has 0 radical (unpaired) electrons. The number of hydrogen-bond acceptors (Lipinski definition) is 3. The molecular formula is C6H11N3O3. The number of urea groups is 1. The van der Waals surface area contributed by atoms with E-state index in [4.69, 9.17) is 16.2 Å². The van der Waals surface area contributed by atoms with Crippen LogP contribution in [0.3, 0.4) is 0 Å². The first-order chi connectivity index (χ1) is 5.54. The zero-order chi connectivity index (χ0) is 9.30. The smallest absolute Gasteiger partial charge is 0.317 e. The summed E-state index contributed by atoms with van der Waals surface area (Å²) in [5.74, 6) is -0.598. The van der Waals surface area contributed by atoms with Crippen molar-refractivity contribution in [3.63, 3.8) is 0 Å². The summed E-state index contributed by atoms with van der Waals surface area (Å²) in [5, 5.41) is 0. The van der Waals surface area contributed by atoms with E-state index in [1.54, 1.807) is 6.92 Å². The number of nitrogens with zero attached hydrogens (tertiary/aromatic N) is 1. The normalized spacial score (nSPS) is 28.9. The van der Waals surface area contributed by atoms with E-state index in [1.165, 1.54) is 0 Å². The van der Waals surface area contributed by atoms with E-state index >= 15 is 0 Å². The molecule has 0 unspecified atom stereocenters. The van der Waals surface area contributed by atoms with Crippen LogP contribution in [0.4, 0.5) is 4.79 Å². The van der Waals surface area contributed by atoms with Gasteiger partial charge in [-0.3, -0.25) is 9.69 Å². The topological polar surface area (TPSA) is 98.7 Å². The van der Waals surface area contributed by atoms with Crippen LogP contribution in [0.25, 0.3) is 0 Å². The highest BCUT2D eigenvalue weighted by Gasteiger charge is 2.38. The van der Waals surface area contributed by atoms with Crippen molar-refractivity contribution < 1.29 is 14.3 Å². The number of amides is 3. The minimum atomic E-state index is -0.734. The summed E-state index contributed by atoms with van der Waals surface area (Å²) in [5.41, 5.74) is 10.0. The molecule has 4 N–H and O–H groups in total. The lowest BCUT2D eigenvalue weighted by atomic mass is 10.2. The van der Waals surface area contributed by atoms with Crippen LogP contribution in [-0.4, -0.2) is 35.7 Å². The van der Waals surface area contributed by atoms with Gasteiger partial charge in [-0.05, 0) is 6.92 Å². The Bertz CT molecular complexity index is 218. The molecule has 6 nitrogen and oxygen atoms in total. The number of carbonyl (C=O) groups excluding carboxylic acids is 2. The van der Waals surface area contributed by atoms with E-state index in [9.17, 15) is 9.59 Å². The summed E-state index contributed by atoms with van der Waals surface area (Å²) in [6.45, 7) is 1.70. The van der Waals surface area contributed by atoms with Gasteiger partial charge in [0.1, 0.15) is 12.8 Å². The molecule has 1 heterocycles. The zero-order valence-corrected chi connectivity index (χ0v) is 6.69. The van der Waals surface area contributed by atoms with Crippen molar-refractivity contribution >= 4 is 11.9 Å². The molecule has 0 saturated carbocycles. The molecule has 6 heteroatoms. The Balaban J connectivity index is 2.77. The van der Waals surface area contributed by atoms with Gasteiger partial charge in [0.2, 0.25) is 5.91 Å². The van der Waals surface area contributed by atoms with Crippen molar-refractivity contribution in [2.24, 2.45) is 11.5 Å². The molecule has 0 aliphatic carbocycles. The number of hydrogen-bond donors (Lipinski definition) is 2. The van der Waals surface area contributed by atoms with Crippen molar-refractivity contribution in [1.82, 2.24) is 4.90 Å². The third-order valence-electron chi connectivity index (χ3n) is 1.83. The van der Waals surface area contributed by atoms with Gasteiger partial charge in [0.25, 0.3) is 0 Å². The predicted molar refractivity (Wildman–Crippen MR) is 39.8 cm³/mol. The Morgan fingerprint density at radius 3 is 2.42 bits per heavy atom. The Labute approximate surface area is 69.4 Å². The Morgan fingerprint density at radius 1 is 1.50 bits per heavy atom. The van der Waals surface area contributed by atoms with E-state index < -0.39 is 18.0 Å². The molecule has 0 aromatic carbocycles. The van der Waals surface area contributed by atoms with Crippen LogP contribution in [0.2, 0.25) is 0 Å². The lowest BCUT2D eigenvalue weighted by Gasteiger charge is -2.18. The van der Waals surface area contributed by atoms with E-state index in [-0.39, 0.29) is 12.8 Å². The maximum atomic E-state index is 10.8. The highest BCUT2D eigenvalue weighted by molar-refractivity contribution is 5.86. The van der Waals surface area contributed by atoms with Crippen LogP contribution in [0, 0.1) is 0 Å². The fraction of sp³-hybridized carbons (Fsp3) is 0.667. The van der Waals surface area contributed by atoms with Crippen LogP contribution in [0.15, 0.2) is 0 Å². The van der Waals surface area contributed by atoms with E-state index in [0.717, 1.165) is 4.90 Å². The minimum Gasteiger partial charge on any atom is -0.368 e. The fourth-order valence-corrected chi connectivity index (χ4v) is 1.21. The van der Waals surface area contributed by atoms with Gasteiger partial charge < -0.3 is 16.2 Å². The first kappa shape index (κ1) is 8.79. The van der Waals surface area contributed by atoms with Gasteiger partial charge in [0.05, 0.1) is 6.10 Å². The third kappa shape index (κ3) is 1.33. The highest BCUT2D eigenvalue weighted by Crippen LogP contribution is 2.15. The monoisotopic (exact) mass is 173 g/mol. The molecule has 3 amide bonds. The molecule has 1 aliphatic heterocycles. The summed E-state index contributed by atoms with van der Waals surface area (Å²) in [6, 6.07) is -1.43. The molecule has 2 atom stereocenters. The molecule has 1 saturated heterocycles. The predicted octanol–water partition coefficient (Wildman–Crippen LogP) is -1.40. The Morgan fingerprint density at radius 2 is 2.08 bits per heavy atom. The van der Waals surface area contributed by atoms with E-state index in [0.29, 0.717) is 0 Å². The van der Waals surface area contributed by atoms with Gasteiger partial charge in [0, 0.05) is 0 Å². The maximum Gasteiger partial charge on any atom is 0.317 e. The summed E-state index contributed by atoms with van der Waals surface area (Å²) >= 11 is 0. The number of carbonyl (C=O) groups is 2. The first-order valence-corrected chi connectivity index (χ1v) is 3.51. The lowest BCUT2D eigenvalue weighted by Crippen LogP contribution is -2.49. The average molecular weight is 173 g/mol. The van der Waals surface area contributed by atoms with Crippen molar-refractivity contribution in [2.45, 2.75) is 19.1 Å². The first-order valence-electron chi connectivity index (χ1n) is 3.51. The average Bonchev–Trinajstić information content (AvgIpc) is 2.30. The van der Waals surface area contributed by atoms with E-state index in [2.05, 4.69) is 0 Å². The minimum absolute atomic E-state index is 0.0319. The standard InChI is InChI=1S/C6H11N3O3/c1-3-4(5(7)10)9(2-12-3)6(8)11/h3-4H,2H2,1H3,(H2,7,10)(H2,8,11)/t3-,4+/m0/s1. The molecular weight excluding hydrogens is 162 g/mol. The molecule has 1 fully saturated rings. The van der Waals surface area contributed by atoms with Crippen LogP contribution in [0.1, 0.15) is 6.92 Å². The van der Waals surface area contributed by atoms with Gasteiger partial charge >= 0.3 is 6.03 Å². The lowest BCUT2D eigenvalue weighted by molar-refractivity contribution is -0.122. The Kier molecular flexibility index (Phi) is 2.18. The van der Waals surface area contributed by atoms with Crippen molar-refractivity contribution in [3.8, 4) is 0 Å². The number of nitrogens with two attached hydrogens (primary N) is 2. The van der Waals surface area contributed by atoms with Crippen LogP contribution in [-0.2, 0) is 9.53 Å². The molecule has 1 aliphatic rings. The molecule has 1 rings (SSSR count). The van der Waals surface area contributed by atoms with Crippen molar-refractivity contribution in [1.29, 1.82) is 0 Å². The summed E-state index contributed by atoms with van der Waals surface area (Å²) < 4.78 is 5.02. The second-order valence-electron chi connectivity index (χ2n) is 2.66. The fourth-order valence-electron chi connectivity index (χ4n) is 1.21. The molecule has 0 aromatic rings. The van der Waals surface area contributed by atoms with Crippen LogP contribution < -0.4 is 11.5 Å². The van der Waals surface area contributed by atoms with Gasteiger partial charge in [-0.25, -0.2) is 4.79 Å². The van der Waals surface area contributed by atoms with Gasteiger partial charge in [-0.1, -0.05) is 0 Å². The molecule has 0 aromatic heterocycles. The maximum absolute atomic E-state index is 10.8. The number of primary amides is 2. The second-order valence-corrected chi connectivity index (χ2v) is 2.66. The summed E-state index contributed by atoms with van der Waals surface area (Å²) in [7, 11) is 0. The van der Waals surface area contributed by atoms with Crippen molar-refractivity contribution in [2.75, 3.05) is 6.73 Å². The van der Waals surface area contributed by atoms with Crippen molar-refractivity contribution in [3.05, 3.63) is 0 Å². The summed E-state index contributed by atoms with van der Waals surface area (Å²) in [4.78, 5) is 22.6. The third-order valence-corrected chi connectivity index (χ3v) is 1.83. The van der Waals surface area contributed by atoms with Gasteiger partial charge in [0.15, 0.2) is 0 Å². The second kappa shape index (κ2) is 2.98. The van der Waals surface area contributed by atoms with Crippen LogP contribution in [0.5, 0.6) is 0 Å². The van der Waals surface area contributed by atoms with E-state index in [1.807, 2.05) is 0 Å². The quantitative estimate of drug-likeness (QED) is 0.510. The largest absolute Gasteiger partial charge is 0.368 e. The van der Waals surface area contributed by atoms with Crippen LogP contribution >= 0.6 is 0 Å². The van der Waals surface area contributed by atoms with Gasteiger partial charge in [-0.2, -0.15) is 0 Å². The highest BCUT2D eigenvalue weighted by atomic mass is 16.5. The number of rotatable bonds is 1. The zero-order valence-electron chi connectivity index (χ0n) is 6.69. The molecule has 68 valence electrons. The summed E-state index contributed by atoms with van der Waals surface area (Å²) in [6.07, 6.45) is -0.380. The number of ether oxygens (including phenoxy) is 1. The molecule has 12 heavy (non-hydrogen) atoms. The SMILES string of the molecule is C[C@@H]1OCN(C(N)=O)[C@H]1C(N)=O. The molecule has 0 bridgehead atoms. The molecule has 0 spiro atoms. The Hall–Kier alpha value is -1.30. The van der Waals surface area contributed by atoms with Gasteiger partial charge in [-0.15, -0.1) is 0 Å².